The van der Waals surface area contributed by atoms with Gasteiger partial charge in [0.2, 0.25) is 0 Å². The molecule has 0 heterocycles. The van der Waals surface area contributed by atoms with Crippen LogP contribution in [0.25, 0.3) is 0 Å². The Morgan fingerprint density at radius 3 is 2.35 bits per heavy atom. The molecule has 0 aromatic heterocycles. The van der Waals surface area contributed by atoms with Crippen LogP contribution in [-0.2, 0) is 10.0 Å². The van der Waals surface area contributed by atoms with Crippen molar-refractivity contribution in [3.05, 3.63) is 59.2 Å². The number of sulfonamides is 1. The second-order valence-corrected chi connectivity index (χ2v) is 7.84. The Hall–Kier alpha value is -2.38. The van der Waals surface area contributed by atoms with Gasteiger partial charge >= 0.3 is 0 Å². The largest absolute Gasteiger partial charge is 0.352 e. The standard InChI is InChI=1S/C19H25N3O3S/c1-14-5-8-16(9-6-14)22-26(24,25)17-10-7-15(2)18(13-17)19(23)21-12-4-11-20-3/h5-10,13,20,22H,4,11-12H2,1-3H3,(H,21,23). The van der Waals surface area contributed by atoms with Gasteiger partial charge in [0.25, 0.3) is 15.9 Å². The van der Waals surface area contributed by atoms with Crippen LogP contribution in [-0.4, -0.2) is 34.5 Å². The minimum atomic E-state index is -3.77. The molecule has 0 atom stereocenters. The fourth-order valence-electron chi connectivity index (χ4n) is 2.41. The van der Waals surface area contributed by atoms with Crippen LogP contribution in [0.3, 0.4) is 0 Å². The van der Waals surface area contributed by atoms with E-state index in [0.717, 1.165) is 24.1 Å². The van der Waals surface area contributed by atoms with Crippen molar-refractivity contribution in [3.63, 3.8) is 0 Å². The monoisotopic (exact) mass is 375 g/mol. The molecule has 7 heteroatoms. The van der Waals surface area contributed by atoms with Crippen LogP contribution in [0, 0.1) is 13.8 Å². The number of aryl methyl sites for hydroxylation is 2. The maximum absolute atomic E-state index is 12.6. The number of hydrogen-bond donors (Lipinski definition) is 3. The summed E-state index contributed by atoms with van der Waals surface area (Å²) in [4.78, 5) is 12.4. The predicted molar refractivity (Wildman–Crippen MR) is 104 cm³/mol. The van der Waals surface area contributed by atoms with Crippen molar-refractivity contribution in [1.82, 2.24) is 10.6 Å². The van der Waals surface area contributed by atoms with Gasteiger partial charge in [-0.15, -0.1) is 0 Å². The van der Waals surface area contributed by atoms with Gasteiger partial charge in [-0.2, -0.15) is 0 Å². The topological polar surface area (TPSA) is 87.3 Å². The number of anilines is 1. The van der Waals surface area contributed by atoms with Crippen LogP contribution < -0.4 is 15.4 Å². The van der Waals surface area contributed by atoms with E-state index < -0.39 is 10.0 Å². The van der Waals surface area contributed by atoms with E-state index in [1.807, 2.05) is 26.1 Å². The first-order chi connectivity index (χ1) is 12.3. The molecule has 0 unspecified atom stereocenters. The summed E-state index contributed by atoms with van der Waals surface area (Å²) in [5.74, 6) is -0.272. The molecule has 3 N–H and O–H groups in total. The van der Waals surface area contributed by atoms with Crippen molar-refractivity contribution in [2.75, 3.05) is 24.9 Å². The van der Waals surface area contributed by atoms with E-state index in [9.17, 15) is 13.2 Å². The summed E-state index contributed by atoms with van der Waals surface area (Å²) < 4.78 is 27.8. The highest BCUT2D eigenvalue weighted by atomic mass is 32.2. The van der Waals surface area contributed by atoms with Crippen molar-refractivity contribution in [2.45, 2.75) is 25.2 Å². The molecule has 0 saturated heterocycles. The SMILES string of the molecule is CNCCCNC(=O)c1cc(S(=O)(=O)Nc2ccc(C)cc2)ccc1C. The average Bonchev–Trinajstić information content (AvgIpc) is 2.60. The second-order valence-electron chi connectivity index (χ2n) is 6.16. The van der Waals surface area contributed by atoms with Crippen LogP contribution in [0.5, 0.6) is 0 Å². The summed E-state index contributed by atoms with van der Waals surface area (Å²) >= 11 is 0. The third-order valence-corrected chi connectivity index (χ3v) is 5.34. The number of nitrogens with one attached hydrogen (secondary N) is 3. The number of carbonyl (C=O) groups excluding carboxylic acids is 1. The summed E-state index contributed by atoms with van der Waals surface area (Å²) in [5.41, 5.74) is 2.61. The molecule has 0 aliphatic rings. The van der Waals surface area contributed by atoms with Crippen molar-refractivity contribution in [1.29, 1.82) is 0 Å². The Bertz CT molecular complexity index is 862. The van der Waals surface area contributed by atoms with E-state index in [2.05, 4.69) is 15.4 Å². The molecule has 0 spiro atoms. The lowest BCUT2D eigenvalue weighted by molar-refractivity contribution is 0.0952. The summed E-state index contributed by atoms with van der Waals surface area (Å²) in [6.07, 6.45) is 0.800. The lowest BCUT2D eigenvalue weighted by atomic mass is 10.1. The zero-order valence-electron chi connectivity index (χ0n) is 15.3. The van der Waals surface area contributed by atoms with Gasteiger partial charge < -0.3 is 10.6 Å². The highest BCUT2D eigenvalue weighted by Crippen LogP contribution is 2.19. The molecule has 0 aliphatic carbocycles. The van der Waals surface area contributed by atoms with Crippen molar-refractivity contribution in [2.24, 2.45) is 0 Å². The maximum atomic E-state index is 12.6. The van der Waals surface area contributed by atoms with Crippen LogP contribution >= 0.6 is 0 Å². The van der Waals surface area contributed by atoms with E-state index in [1.165, 1.54) is 12.1 Å². The highest BCUT2D eigenvalue weighted by Gasteiger charge is 2.18. The van der Waals surface area contributed by atoms with E-state index in [0.29, 0.717) is 17.8 Å². The first-order valence-corrected chi connectivity index (χ1v) is 9.95. The van der Waals surface area contributed by atoms with Crippen LogP contribution in [0.15, 0.2) is 47.4 Å². The van der Waals surface area contributed by atoms with Crippen LogP contribution in [0.4, 0.5) is 5.69 Å². The lowest BCUT2D eigenvalue weighted by Gasteiger charge is -2.12. The van der Waals surface area contributed by atoms with E-state index in [4.69, 9.17) is 0 Å². The number of benzene rings is 2. The molecule has 2 aromatic rings. The fraction of sp³-hybridized carbons (Fsp3) is 0.316. The minimum Gasteiger partial charge on any atom is -0.352 e. The van der Waals surface area contributed by atoms with Crippen LogP contribution in [0.1, 0.15) is 27.9 Å². The molecule has 2 aromatic carbocycles. The van der Waals surface area contributed by atoms with E-state index >= 15 is 0 Å². The van der Waals surface area contributed by atoms with Crippen molar-refractivity contribution < 1.29 is 13.2 Å². The molecule has 6 nitrogen and oxygen atoms in total. The molecular formula is C19H25N3O3S. The van der Waals surface area contributed by atoms with Crippen LogP contribution in [0.2, 0.25) is 0 Å². The highest BCUT2D eigenvalue weighted by molar-refractivity contribution is 7.92. The molecule has 140 valence electrons. The molecule has 0 bridgehead atoms. The van der Waals surface area contributed by atoms with Crippen molar-refractivity contribution in [3.8, 4) is 0 Å². The Balaban J connectivity index is 2.18. The molecule has 0 fully saturated rings. The molecular weight excluding hydrogens is 350 g/mol. The lowest BCUT2D eigenvalue weighted by Crippen LogP contribution is -2.27. The third kappa shape index (κ3) is 5.31. The van der Waals surface area contributed by atoms with E-state index in [1.54, 1.807) is 25.1 Å². The van der Waals surface area contributed by atoms with Gasteiger partial charge in [-0.3, -0.25) is 9.52 Å². The van der Waals surface area contributed by atoms with Gasteiger partial charge in [-0.25, -0.2) is 8.42 Å². The van der Waals surface area contributed by atoms with Gasteiger partial charge in [0, 0.05) is 17.8 Å². The molecule has 0 radical (unpaired) electrons. The van der Waals surface area contributed by atoms with Gasteiger partial charge in [-0.1, -0.05) is 23.8 Å². The second kappa shape index (κ2) is 8.82. The first-order valence-electron chi connectivity index (χ1n) is 8.46. The number of carbonyl (C=O) groups is 1. The summed E-state index contributed by atoms with van der Waals surface area (Å²) in [6, 6.07) is 11.6. The number of amides is 1. The normalized spacial score (nSPS) is 11.2. The van der Waals surface area contributed by atoms with E-state index in [-0.39, 0.29) is 10.8 Å². The van der Waals surface area contributed by atoms with Gasteiger partial charge in [0.05, 0.1) is 4.90 Å². The zero-order chi connectivity index (χ0) is 19.2. The van der Waals surface area contributed by atoms with Gasteiger partial charge in [-0.05, 0) is 63.7 Å². The molecule has 2 rings (SSSR count). The quantitative estimate of drug-likeness (QED) is 0.619. The number of hydrogen-bond acceptors (Lipinski definition) is 4. The molecule has 26 heavy (non-hydrogen) atoms. The first kappa shape index (κ1) is 19.9. The summed E-state index contributed by atoms with van der Waals surface area (Å²) in [7, 11) is -1.92. The average molecular weight is 375 g/mol. The van der Waals surface area contributed by atoms with Gasteiger partial charge in [0.1, 0.15) is 0 Å². The summed E-state index contributed by atoms with van der Waals surface area (Å²) in [5, 5.41) is 5.82. The summed E-state index contributed by atoms with van der Waals surface area (Å²) in [6.45, 7) is 5.04. The number of rotatable bonds is 8. The maximum Gasteiger partial charge on any atom is 0.261 e. The smallest absolute Gasteiger partial charge is 0.261 e. The third-order valence-electron chi connectivity index (χ3n) is 3.96. The Morgan fingerprint density at radius 2 is 1.69 bits per heavy atom. The Kier molecular flexibility index (Phi) is 6.76. The molecule has 1 amide bonds. The molecule has 0 aliphatic heterocycles. The predicted octanol–water partition coefficient (Wildman–Crippen LogP) is 2.44. The Labute approximate surface area is 155 Å². The van der Waals surface area contributed by atoms with Gasteiger partial charge in [0.15, 0.2) is 0 Å². The zero-order valence-corrected chi connectivity index (χ0v) is 16.1. The molecule has 0 saturated carbocycles. The Morgan fingerprint density at radius 1 is 1.00 bits per heavy atom. The van der Waals surface area contributed by atoms with Crippen molar-refractivity contribution >= 4 is 21.6 Å². The minimum absolute atomic E-state index is 0.0593. The fourth-order valence-corrected chi connectivity index (χ4v) is 3.50.